The summed E-state index contributed by atoms with van der Waals surface area (Å²) in [6, 6.07) is 5.04. The number of amides is 2. The van der Waals surface area contributed by atoms with E-state index in [2.05, 4.69) is 5.32 Å². The lowest BCUT2D eigenvalue weighted by atomic mass is 10.2. The molecular formula is C18H24N3O6S+. The molecule has 0 spiro atoms. The fraction of sp³-hybridized carbons (Fsp3) is 0.556. The van der Waals surface area contributed by atoms with Crippen LogP contribution in [0.15, 0.2) is 18.2 Å². The summed E-state index contributed by atoms with van der Waals surface area (Å²) < 4.78 is 33.8. The number of carbonyl (C=O) groups is 2. The van der Waals surface area contributed by atoms with Crippen LogP contribution in [0.25, 0.3) is 0 Å². The molecule has 0 aliphatic carbocycles. The van der Waals surface area contributed by atoms with E-state index in [0.717, 1.165) is 13.1 Å². The van der Waals surface area contributed by atoms with Crippen molar-refractivity contribution < 1.29 is 32.4 Å². The maximum absolute atomic E-state index is 12.4. The second kappa shape index (κ2) is 7.59. The number of sulfone groups is 1. The Morgan fingerprint density at radius 3 is 2.64 bits per heavy atom. The molecule has 3 aliphatic heterocycles. The van der Waals surface area contributed by atoms with Gasteiger partial charge >= 0.3 is 0 Å². The molecule has 1 aromatic rings. The first-order chi connectivity index (χ1) is 13.4. The van der Waals surface area contributed by atoms with Gasteiger partial charge in [-0.15, -0.1) is 0 Å². The number of hydrogen-bond donors (Lipinski definition) is 2. The maximum Gasteiger partial charge on any atom is 0.251 e. The number of rotatable bonds is 4. The van der Waals surface area contributed by atoms with E-state index in [4.69, 9.17) is 9.47 Å². The van der Waals surface area contributed by atoms with Crippen molar-refractivity contribution in [2.75, 3.05) is 51.0 Å². The molecule has 10 heteroatoms. The van der Waals surface area contributed by atoms with Crippen LogP contribution in [0.4, 0.5) is 0 Å². The summed E-state index contributed by atoms with van der Waals surface area (Å²) in [6.45, 7) is 2.69. The van der Waals surface area contributed by atoms with E-state index in [9.17, 15) is 18.0 Å². The SMILES string of the molecule is O=C(NCC(=O)N1CC[NH+]([C@H]2CCS(=O)(=O)C2)CC1)c1ccc2c(c1)OCO2. The van der Waals surface area contributed by atoms with Gasteiger partial charge in [-0.2, -0.15) is 0 Å². The first-order valence-electron chi connectivity index (χ1n) is 9.42. The monoisotopic (exact) mass is 410 g/mol. The molecule has 1 aromatic carbocycles. The molecule has 1 atom stereocenters. The summed E-state index contributed by atoms with van der Waals surface area (Å²) in [6.07, 6.45) is 0.706. The normalized spacial score (nSPS) is 23.6. The highest BCUT2D eigenvalue weighted by Crippen LogP contribution is 2.32. The van der Waals surface area contributed by atoms with Crippen LogP contribution in [0.1, 0.15) is 16.8 Å². The molecular weight excluding hydrogens is 386 g/mol. The average Bonchev–Trinajstić information content (AvgIpc) is 3.31. The largest absolute Gasteiger partial charge is 0.454 e. The van der Waals surface area contributed by atoms with E-state index in [1.165, 1.54) is 4.90 Å². The molecule has 4 rings (SSSR count). The van der Waals surface area contributed by atoms with Crippen LogP contribution in [-0.4, -0.2) is 82.2 Å². The number of quaternary nitrogens is 1. The molecule has 28 heavy (non-hydrogen) atoms. The molecule has 0 unspecified atom stereocenters. The molecule has 3 heterocycles. The third-order valence-electron chi connectivity index (χ3n) is 5.60. The highest BCUT2D eigenvalue weighted by atomic mass is 32.2. The Labute approximate surface area is 163 Å². The number of benzene rings is 1. The van der Waals surface area contributed by atoms with Gasteiger partial charge in [0.15, 0.2) is 21.3 Å². The van der Waals surface area contributed by atoms with Crippen LogP contribution in [0, 0.1) is 0 Å². The molecule has 2 N–H and O–H groups in total. The van der Waals surface area contributed by atoms with Crippen LogP contribution in [0.2, 0.25) is 0 Å². The molecule has 2 amide bonds. The minimum absolute atomic E-state index is 0.0690. The van der Waals surface area contributed by atoms with Crippen LogP contribution in [0.3, 0.4) is 0 Å². The predicted octanol–water partition coefficient (Wildman–Crippen LogP) is -1.94. The van der Waals surface area contributed by atoms with Gasteiger partial charge < -0.3 is 24.6 Å². The topological polar surface area (TPSA) is 106 Å². The van der Waals surface area contributed by atoms with Gasteiger partial charge in [0.05, 0.1) is 38.5 Å². The number of nitrogens with one attached hydrogen (secondary N) is 2. The zero-order valence-corrected chi connectivity index (χ0v) is 16.3. The standard InChI is InChI=1S/C18H23N3O6S/c22-17(10-19-18(23)13-1-2-15-16(9-13)27-12-26-15)21-6-4-20(5-7-21)14-3-8-28(24,25)11-14/h1-2,9,14H,3-8,10-12H2,(H,19,23)/p+1/t14-/m0/s1. The van der Waals surface area contributed by atoms with Crippen molar-refractivity contribution in [1.29, 1.82) is 0 Å². The third-order valence-corrected chi connectivity index (χ3v) is 7.37. The highest BCUT2D eigenvalue weighted by molar-refractivity contribution is 7.91. The number of carbonyl (C=O) groups excluding carboxylic acids is 2. The Balaban J connectivity index is 1.24. The Kier molecular flexibility index (Phi) is 5.15. The lowest BCUT2D eigenvalue weighted by Crippen LogP contribution is -3.18. The smallest absolute Gasteiger partial charge is 0.251 e. The molecule has 0 aromatic heterocycles. The molecule has 152 valence electrons. The summed E-state index contributed by atoms with van der Waals surface area (Å²) >= 11 is 0. The molecule has 0 bridgehead atoms. The fourth-order valence-corrected chi connectivity index (χ4v) is 5.80. The Morgan fingerprint density at radius 1 is 1.18 bits per heavy atom. The first kappa shape index (κ1) is 19.0. The lowest BCUT2D eigenvalue weighted by molar-refractivity contribution is -0.925. The van der Waals surface area contributed by atoms with Crippen molar-refractivity contribution in [1.82, 2.24) is 10.2 Å². The zero-order chi connectivity index (χ0) is 19.7. The van der Waals surface area contributed by atoms with Crippen LogP contribution >= 0.6 is 0 Å². The zero-order valence-electron chi connectivity index (χ0n) is 15.5. The van der Waals surface area contributed by atoms with Gasteiger partial charge in [0, 0.05) is 12.0 Å². The minimum Gasteiger partial charge on any atom is -0.454 e. The Morgan fingerprint density at radius 2 is 1.93 bits per heavy atom. The average molecular weight is 410 g/mol. The number of ether oxygens (including phenoxy) is 2. The number of fused-ring (bicyclic) bond motifs is 1. The summed E-state index contributed by atoms with van der Waals surface area (Å²) in [5.74, 6) is 1.17. The van der Waals surface area contributed by atoms with E-state index >= 15 is 0 Å². The molecule has 2 saturated heterocycles. The third kappa shape index (κ3) is 4.07. The number of piperazine rings is 1. The van der Waals surface area contributed by atoms with Crippen LogP contribution < -0.4 is 19.7 Å². The van der Waals surface area contributed by atoms with Gasteiger partial charge in [-0.1, -0.05) is 0 Å². The van der Waals surface area contributed by atoms with Crippen LogP contribution in [0.5, 0.6) is 11.5 Å². The second-order valence-corrected chi connectivity index (χ2v) is 9.62. The van der Waals surface area contributed by atoms with E-state index in [1.807, 2.05) is 0 Å². The maximum atomic E-state index is 12.4. The number of hydrogen-bond acceptors (Lipinski definition) is 6. The molecule has 2 fully saturated rings. The van der Waals surface area contributed by atoms with Gasteiger partial charge in [0.2, 0.25) is 12.7 Å². The minimum atomic E-state index is -2.89. The Bertz CT molecular complexity index is 879. The molecule has 0 radical (unpaired) electrons. The first-order valence-corrected chi connectivity index (χ1v) is 11.2. The van der Waals surface area contributed by atoms with E-state index in [1.54, 1.807) is 23.1 Å². The van der Waals surface area contributed by atoms with E-state index in [-0.39, 0.29) is 42.7 Å². The van der Waals surface area contributed by atoms with Gasteiger partial charge in [0.25, 0.3) is 5.91 Å². The summed E-state index contributed by atoms with van der Waals surface area (Å²) in [4.78, 5) is 27.7. The fourth-order valence-electron chi connectivity index (χ4n) is 3.98. The summed E-state index contributed by atoms with van der Waals surface area (Å²) in [5.41, 5.74) is 0.411. The summed E-state index contributed by atoms with van der Waals surface area (Å²) in [5, 5.41) is 2.65. The van der Waals surface area contributed by atoms with Crippen molar-refractivity contribution in [3.05, 3.63) is 23.8 Å². The molecule has 9 nitrogen and oxygen atoms in total. The van der Waals surface area contributed by atoms with E-state index < -0.39 is 9.84 Å². The quantitative estimate of drug-likeness (QED) is 0.598. The summed E-state index contributed by atoms with van der Waals surface area (Å²) in [7, 11) is -2.89. The van der Waals surface area contributed by atoms with Gasteiger partial charge in [-0.3, -0.25) is 9.59 Å². The highest BCUT2D eigenvalue weighted by Gasteiger charge is 2.37. The lowest BCUT2D eigenvalue weighted by Gasteiger charge is -2.35. The van der Waals surface area contributed by atoms with Crippen molar-refractivity contribution in [2.45, 2.75) is 12.5 Å². The molecule has 0 saturated carbocycles. The predicted molar refractivity (Wildman–Crippen MR) is 99.2 cm³/mol. The van der Waals surface area contributed by atoms with Gasteiger partial charge in [-0.05, 0) is 18.2 Å². The van der Waals surface area contributed by atoms with Crippen molar-refractivity contribution in [3.63, 3.8) is 0 Å². The van der Waals surface area contributed by atoms with E-state index in [0.29, 0.717) is 36.6 Å². The number of nitrogens with zero attached hydrogens (tertiary/aromatic N) is 1. The molecule has 3 aliphatic rings. The van der Waals surface area contributed by atoms with Crippen molar-refractivity contribution in [2.24, 2.45) is 0 Å². The van der Waals surface area contributed by atoms with Crippen molar-refractivity contribution >= 4 is 21.7 Å². The van der Waals surface area contributed by atoms with Gasteiger partial charge in [0.1, 0.15) is 11.8 Å². The Hall–Kier alpha value is -2.33. The second-order valence-electron chi connectivity index (χ2n) is 7.39. The van der Waals surface area contributed by atoms with Crippen LogP contribution in [-0.2, 0) is 14.6 Å². The van der Waals surface area contributed by atoms with Gasteiger partial charge in [-0.25, -0.2) is 8.42 Å². The van der Waals surface area contributed by atoms with Crippen molar-refractivity contribution in [3.8, 4) is 11.5 Å².